The van der Waals surface area contributed by atoms with Gasteiger partial charge < -0.3 is 15.7 Å². The van der Waals surface area contributed by atoms with Crippen molar-refractivity contribution in [1.29, 1.82) is 0 Å². The van der Waals surface area contributed by atoms with Gasteiger partial charge in [-0.2, -0.15) is 0 Å². The van der Waals surface area contributed by atoms with Gasteiger partial charge in [-0.05, 0) is 23.3 Å². The third-order valence-corrected chi connectivity index (χ3v) is 3.89. The van der Waals surface area contributed by atoms with Crippen LogP contribution in [0.2, 0.25) is 5.02 Å². The van der Waals surface area contributed by atoms with Crippen LogP contribution in [0.3, 0.4) is 0 Å². The van der Waals surface area contributed by atoms with Crippen LogP contribution in [0.25, 0.3) is 0 Å². The second kappa shape index (κ2) is 8.39. The van der Waals surface area contributed by atoms with Crippen LogP contribution in [0.4, 0.5) is 5.69 Å². The molecule has 2 aromatic rings. The van der Waals surface area contributed by atoms with E-state index in [1.54, 1.807) is 0 Å². The quantitative estimate of drug-likeness (QED) is 0.876. The van der Waals surface area contributed by atoms with E-state index in [0.717, 1.165) is 16.8 Å². The molecule has 0 aliphatic carbocycles. The summed E-state index contributed by atoms with van der Waals surface area (Å²) in [5.74, 6) is 0. The summed E-state index contributed by atoms with van der Waals surface area (Å²) >= 11 is 6.30. The molecule has 0 aliphatic rings. The smallest absolute Gasteiger partial charge is 0.0773 e. The van der Waals surface area contributed by atoms with E-state index in [1.807, 2.05) is 67.5 Å². The van der Waals surface area contributed by atoms with E-state index in [-0.39, 0.29) is 12.4 Å². The van der Waals surface area contributed by atoms with E-state index in [4.69, 9.17) is 17.3 Å². The lowest BCUT2D eigenvalue weighted by Gasteiger charge is -2.22. The van der Waals surface area contributed by atoms with Gasteiger partial charge in [0.2, 0.25) is 0 Å². The highest BCUT2D eigenvalue weighted by molar-refractivity contribution is 6.31. The highest BCUT2D eigenvalue weighted by Crippen LogP contribution is 2.28. The van der Waals surface area contributed by atoms with Gasteiger partial charge in [0.05, 0.1) is 12.1 Å². The molecule has 0 saturated carbocycles. The Bertz CT molecular complexity index is 590. The van der Waals surface area contributed by atoms with Crippen LogP contribution in [0.1, 0.15) is 17.2 Å². The third-order valence-electron chi connectivity index (χ3n) is 3.56. The minimum Gasteiger partial charge on any atom is -0.391 e. The van der Waals surface area contributed by atoms with Crippen LogP contribution < -0.4 is 10.6 Å². The van der Waals surface area contributed by atoms with E-state index >= 15 is 0 Å². The summed E-state index contributed by atoms with van der Waals surface area (Å²) in [5, 5.41) is 10.9. The van der Waals surface area contributed by atoms with Crippen LogP contribution in [0.15, 0.2) is 48.5 Å². The summed E-state index contributed by atoms with van der Waals surface area (Å²) < 4.78 is 0. The molecule has 0 fully saturated rings. The molecule has 0 bridgehead atoms. The van der Waals surface area contributed by atoms with Gasteiger partial charge in [-0.25, -0.2) is 0 Å². The van der Waals surface area contributed by atoms with Gasteiger partial charge in [0.25, 0.3) is 0 Å². The number of nitrogens with zero attached hydrogens (tertiary/aromatic N) is 1. The molecule has 120 valence electrons. The topological polar surface area (TPSA) is 49.5 Å². The molecule has 0 aliphatic heterocycles. The number of hydrogen-bond donors (Lipinski definition) is 2. The summed E-state index contributed by atoms with van der Waals surface area (Å²) in [7, 11) is 3.91. The van der Waals surface area contributed by atoms with E-state index in [9.17, 15) is 5.11 Å². The van der Waals surface area contributed by atoms with Crippen molar-refractivity contribution < 1.29 is 5.11 Å². The zero-order valence-corrected chi connectivity index (χ0v) is 14.3. The Morgan fingerprint density at radius 1 is 1.14 bits per heavy atom. The van der Waals surface area contributed by atoms with E-state index in [0.29, 0.717) is 11.4 Å². The number of hydrogen-bond acceptors (Lipinski definition) is 3. The van der Waals surface area contributed by atoms with Crippen LogP contribution in [0, 0.1) is 0 Å². The number of anilines is 1. The summed E-state index contributed by atoms with van der Waals surface area (Å²) in [5.41, 5.74) is 9.00. The maximum atomic E-state index is 10.3. The Labute approximate surface area is 143 Å². The largest absolute Gasteiger partial charge is 0.391 e. The van der Waals surface area contributed by atoms with Crippen molar-refractivity contribution in [2.45, 2.75) is 18.6 Å². The zero-order chi connectivity index (χ0) is 15.4. The van der Waals surface area contributed by atoms with Crippen molar-refractivity contribution in [2.24, 2.45) is 5.73 Å². The second-order valence-electron chi connectivity index (χ2n) is 5.38. The minimum absolute atomic E-state index is 0. The maximum Gasteiger partial charge on any atom is 0.0773 e. The number of halogens is 2. The number of benzene rings is 2. The van der Waals surface area contributed by atoms with Crippen molar-refractivity contribution in [3.63, 3.8) is 0 Å². The zero-order valence-electron chi connectivity index (χ0n) is 12.7. The normalized spacial score (nSPS) is 13.1. The molecule has 2 aromatic carbocycles. The lowest BCUT2D eigenvalue weighted by atomic mass is 9.96. The van der Waals surface area contributed by atoms with Crippen LogP contribution in [-0.2, 0) is 6.42 Å². The molecule has 0 unspecified atom stereocenters. The van der Waals surface area contributed by atoms with Gasteiger partial charge in [0.15, 0.2) is 0 Å². The Hall–Kier alpha value is -1.26. The molecule has 0 heterocycles. The lowest BCUT2D eigenvalue weighted by molar-refractivity contribution is 0.145. The fraction of sp³-hybridized carbons (Fsp3) is 0.294. The molecule has 0 aromatic heterocycles. The van der Waals surface area contributed by atoms with Crippen LogP contribution in [0.5, 0.6) is 0 Å². The molecule has 0 amide bonds. The van der Waals surface area contributed by atoms with E-state index in [2.05, 4.69) is 0 Å². The Kier molecular flexibility index (Phi) is 7.17. The number of rotatable bonds is 5. The Balaban J connectivity index is 0.00000242. The van der Waals surface area contributed by atoms with Gasteiger partial charge >= 0.3 is 0 Å². The first-order chi connectivity index (χ1) is 9.99. The second-order valence-corrected chi connectivity index (χ2v) is 5.79. The molecule has 22 heavy (non-hydrogen) atoms. The van der Waals surface area contributed by atoms with Crippen molar-refractivity contribution in [3.8, 4) is 0 Å². The molecule has 3 nitrogen and oxygen atoms in total. The first kappa shape index (κ1) is 18.8. The summed E-state index contributed by atoms with van der Waals surface area (Å²) in [4.78, 5) is 1.97. The fourth-order valence-electron chi connectivity index (χ4n) is 2.25. The Morgan fingerprint density at radius 3 is 2.32 bits per heavy atom. The minimum atomic E-state index is -0.671. The monoisotopic (exact) mass is 340 g/mol. The average Bonchev–Trinajstić information content (AvgIpc) is 2.47. The van der Waals surface area contributed by atoms with Gasteiger partial charge in [-0.1, -0.05) is 48.0 Å². The molecular weight excluding hydrogens is 319 g/mol. The molecule has 5 heteroatoms. The summed E-state index contributed by atoms with van der Waals surface area (Å²) in [6.07, 6.45) is -0.163. The molecule has 0 saturated heterocycles. The third kappa shape index (κ3) is 4.62. The molecule has 2 rings (SSSR count). The van der Waals surface area contributed by atoms with Gasteiger partial charge in [-0.15, -0.1) is 12.4 Å². The summed E-state index contributed by atoms with van der Waals surface area (Å²) in [6, 6.07) is 15.0. The Morgan fingerprint density at radius 2 is 1.77 bits per heavy atom. The van der Waals surface area contributed by atoms with E-state index in [1.165, 1.54) is 0 Å². The van der Waals surface area contributed by atoms with Gasteiger partial charge in [0.1, 0.15) is 0 Å². The number of aliphatic hydroxyl groups is 1. The molecule has 2 atom stereocenters. The standard InChI is InChI=1S/C17H21ClN2O.ClH/c1-20(2)13-8-9-14(15(18)11-13)17(19)16(21)10-12-6-4-3-5-7-12;/h3-9,11,16-17,21H,10,19H2,1-2H3;1H/t16-,17+;/m1./s1. The van der Waals surface area contributed by atoms with Gasteiger partial charge in [-0.3, -0.25) is 0 Å². The van der Waals surface area contributed by atoms with Crippen LogP contribution >= 0.6 is 24.0 Å². The van der Waals surface area contributed by atoms with Crippen molar-refractivity contribution >= 4 is 29.7 Å². The maximum absolute atomic E-state index is 10.3. The number of nitrogens with two attached hydrogens (primary N) is 1. The highest BCUT2D eigenvalue weighted by atomic mass is 35.5. The SMILES string of the molecule is CN(C)c1ccc([C@H](N)[C@H](O)Cc2ccccc2)c(Cl)c1.Cl. The van der Waals surface area contributed by atoms with Gasteiger partial charge in [0, 0.05) is 31.2 Å². The first-order valence-electron chi connectivity index (χ1n) is 6.93. The summed E-state index contributed by atoms with van der Waals surface area (Å²) in [6.45, 7) is 0. The average molecular weight is 341 g/mol. The molecule has 0 spiro atoms. The number of aliphatic hydroxyl groups excluding tert-OH is 1. The predicted octanol–water partition coefficient (Wildman–Crippen LogP) is 3.43. The molecular formula is C17H22Cl2N2O. The van der Waals surface area contributed by atoms with Crippen LogP contribution in [-0.4, -0.2) is 25.3 Å². The fourth-order valence-corrected chi connectivity index (χ4v) is 2.56. The van der Waals surface area contributed by atoms with Crippen molar-refractivity contribution in [2.75, 3.05) is 19.0 Å². The molecule has 3 N–H and O–H groups in total. The van der Waals surface area contributed by atoms with E-state index < -0.39 is 12.1 Å². The lowest BCUT2D eigenvalue weighted by Crippen LogP contribution is -2.28. The first-order valence-corrected chi connectivity index (χ1v) is 7.31. The predicted molar refractivity (Wildman–Crippen MR) is 96.1 cm³/mol. The highest BCUT2D eigenvalue weighted by Gasteiger charge is 2.20. The van der Waals surface area contributed by atoms with Crippen molar-refractivity contribution in [3.05, 3.63) is 64.7 Å². The molecule has 0 radical (unpaired) electrons. The van der Waals surface area contributed by atoms with Crippen molar-refractivity contribution in [1.82, 2.24) is 0 Å².